The maximum atomic E-state index is 13.3. The molecule has 8 nitrogen and oxygen atoms in total. The number of anilines is 1. The van der Waals surface area contributed by atoms with Crippen LogP contribution in [-0.2, 0) is 9.59 Å². The molecule has 0 unspecified atom stereocenters. The van der Waals surface area contributed by atoms with Gasteiger partial charge in [0.05, 0.1) is 10.9 Å². The van der Waals surface area contributed by atoms with Gasteiger partial charge in [-0.1, -0.05) is 44.7 Å². The first-order valence-electron chi connectivity index (χ1n) is 11.4. The molecule has 3 heterocycles. The number of amidine groups is 2. The summed E-state index contributed by atoms with van der Waals surface area (Å²) in [5, 5.41) is 2.99. The second-order valence-corrected chi connectivity index (χ2v) is 9.93. The number of benzene rings is 2. The van der Waals surface area contributed by atoms with Gasteiger partial charge < -0.3 is 14.8 Å². The van der Waals surface area contributed by atoms with Crippen molar-refractivity contribution >= 4 is 46.0 Å². The molecule has 0 radical (unpaired) electrons. The Hall–Kier alpha value is -3.33. The van der Waals surface area contributed by atoms with E-state index in [0.717, 1.165) is 11.3 Å². The molecule has 0 fully saturated rings. The number of carbonyl (C=O) groups is 2. The Labute approximate surface area is 202 Å². The van der Waals surface area contributed by atoms with Crippen molar-refractivity contribution in [1.82, 2.24) is 4.90 Å². The molecule has 2 amide bonds. The molecule has 2 aromatic rings. The lowest BCUT2D eigenvalue weighted by molar-refractivity contribution is -0.125. The summed E-state index contributed by atoms with van der Waals surface area (Å²) in [5.74, 6) is 1.96. The molecule has 5 rings (SSSR count). The standard InChI is InChI=1S/C25H26N4O4S/c1-4-21(23(30)26-15-9-10-19-20(12-15)33-13-32-19)34-25-28-17-8-6-5-7-16(17)22-27-18(11-14(2)3)24(31)29(22)25/h5-10,12,14,18,21H,4,11,13H2,1-3H3,(H,26,30)/t18-,21+/m1/s1. The number of carbonyl (C=O) groups excluding carboxylic acids is 2. The van der Waals surface area contributed by atoms with E-state index in [1.807, 2.05) is 31.2 Å². The molecule has 9 heteroatoms. The van der Waals surface area contributed by atoms with Crippen LogP contribution < -0.4 is 14.8 Å². The van der Waals surface area contributed by atoms with Crippen LogP contribution in [0.3, 0.4) is 0 Å². The number of para-hydroxylation sites is 1. The fourth-order valence-corrected chi connectivity index (χ4v) is 5.15. The number of rotatable bonds is 6. The SMILES string of the molecule is CC[C@H](SC1=Nc2ccccc2C2=N[C@H](CC(C)C)C(=O)N12)C(=O)Nc1ccc2c(c1)OCO2. The number of hydrogen-bond acceptors (Lipinski definition) is 7. The molecule has 3 aliphatic rings. The van der Waals surface area contributed by atoms with E-state index in [1.165, 1.54) is 11.8 Å². The zero-order chi connectivity index (χ0) is 23.8. The maximum Gasteiger partial charge on any atom is 0.259 e. The van der Waals surface area contributed by atoms with E-state index in [-0.39, 0.29) is 18.6 Å². The summed E-state index contributed by atoms with van der Waals surface area (Å²) in [6, 6.07) is 12.5. The third kappa shape index (κ3) is 4.16. The lowest BCUT2D eigenvalue weighted by atomic mass is 10.0. The van der Waals surface area contributed by atoms with Crippen molar-refractivity contribution in [3.8, 4) is 11.5 Å². The molecule has 0 saturated heterocycles. The molecular weight excluding hydrogens is 452 g/mol. The second-order valence-electron chi connectivity index (χ2n) is 8.76. The average molecular weight is 479 g/mol. The minimum Gasteiger partial charge on any atom is -0.454 e. The first-order valence-corrected chi connectivity index (χ1v) is 12.3. The van der Waals surface area contributed by atoms with Crippen LogP contribution >= 0.6 is 11.8 Å². The number of amides is 2. The van der Waals surface area contributed by atoms with Crippen LogP contribution in [-0.4, -0.2) is 45.8 Å². The Morgan fingerprint density at radius 3 is 2.79 bits per heavy atom. The topological polar surface area (TPSA) is 92.6 Å². The summed E-state index contributed by atoms with van der Waals surface area (Å²) in [6.45, 7) is 6.27. The lowest BCUT2D eigenvalue weighted by Crippen LogP contribution is -2.42. The molecule has 34 heavy (non-hydrogen) atoms. The van der Waals surface area contributed by atoms with Gasteiger partial charge >= 0.3 is 0 Å². The third-order valence-corrected chi connectivity index (χ3v) is 7.11. The van der Waals surface area contributed by atoms with Crippen LogP contribution in [0.15, 0.2) is 52.4 Å². The summed E-state index contributed by atoms with van der Waals surface area (Å²) in [7, 11) is 0. The Morgan fingerprint density at radius 1 is 1.21 bits per heavy atom. The van der Waals surface area contributed by atoms with E-state index in [1.54, 1.807) is 23.1 Å². The first-order chi connectivity index (χ1) is 16.4. The van der Waals surface area contributed by atoms with Crippen molar-refractivity contribution in [2.45, 2.75) is 44.9 Å². The van der Waals surface area contributed by atoms with Gasteiger partial charge in [0.25, 0.3) is 5.91 Å². The molecule has 2 atom stereocenters. The molecule has 1 N–H and O–H groups in total. The van der Waals surface area contributed by atoms with Crippen LogP contribution in [0.25, 0.3) is 0 Å². The third-order valence-electron chi connectivity index (χ3n) is 5.79. The summed E-state index contributed by atoms with van der Waals surface area (Å²) >= 11 is 1.29. The van der Waals surface area contributed by atoms with Gasteiger partial charge in [-0.2, -0.15) is 0 Å². The van der Waals surface area contributed by atoms with Gasteiger partial charge in [-0.3, -0.25) is 14.6 Å². The van der Waals surface area contributed by atoms with Gasteiger partial charge in [-0.25, -0.2) is 9.89 Å². The number of ether oxygens (including phenoxy) is 2. The lowest BCUT2D eigenvalue weighted by Gasteiger charge is -2.27. The Balaban J connectivity index is 1.39. The zero-order valence-electron chi connectivity index (χ0n) is 19.3. The smallest absolute Gasteiger partial charge is 0.259 e. The molecule has 0 spiro atoms. The van der Waals surface area contributed by atoms with Crippen molar-refractivity contribution in [3.05, 3.63) is 48.0 Å². The van der Waals surface area contributed by atoms with Gasteiger partial charge in [0.1, 0.15) is 11.9 Å². The molecule has 0 aromatic heterocycles. The predicted molar refractivity (Wildman–Crippen MR) is 133 cm³/mol. The highest BCUT2D eigenvalue weighted by atomic mass is 32.2. The van der Waals surface area contributed by atoms with Crippen molar-refractivity contribution in [3.63, 3.8) is 0 Å². The summed E-state index contributed by atoms with van der Waals surface area (Å²) in [5.41, 5.74) is 2.22. The quantitative estimate of drug-likeness (QED) is 0.657. The monoisotopic (exact) mass is 478 g/mol. The van der Waals surface area contributed by atoms with Gasteiger partial charge in [-0.15, -0.1) is 0 Å². The number of thioether (sulfide) groups is 1. The van der Waals surface area contributed by atoms with Crippen molar-refractivity contribution in [1.29, 1.82) is 0 Å². The van der Waals surface area contributed by atoms with Crippen molar-refractivity contribution < 1.29 is 19.1 Å². The fraction of sp³-hybridized carbons (Fsp3) is 0.360. The highest BCUT2D eigenvalue weighted by Gasteiger charge is 2.42. The van der Waals surface area contributed by atoms with Gasteiger partial charge in [0, 0.05) is 17.3 Å². The average Bonchev–Trinajstić information content (AvgIpc) is 3.41. The minimum absolute atomic E-state index is 0.0875. The summed E-state index contributed by atoms with van der Waals surface area (Å²) < 4.78 is 10.7. The van der Waals surface area contributed by atoms with Crippen LogP contribution in [0.4, 0.5) is 11.4 Å². The molecule has 2 aromatic carbocycles. The Bertz CT molecular complexity index is 1210. The molecule has 0 saturated carbocycles. The number of aliphatic imine (C=N–C) groups is 2. The maximum absolute atomic E-state index is 13.3. The molecule has 3 aliphatic heterocycles. The predicted octanol–water partition coefficient (Wildman–Crippen LogP) is 4.57. The van der Waals surface area contributed by atoms with E-state index in [4.69, 9.17) is 19.5 Å². The fourth-order valence-electron chi connectivity index (χ4n) is 4.13. The van der Waals surface area contributed by atoms with Gasteiger partial charge in [-0.05, 0) is 43.0 Å². The van der Waals surface area contributed by atoms with E-state index in [2.05, 4.69) is 19.2 Å². The molecular formula is C25H26N4O4S. The van der Waals surface area contributed by atoms with Gasteiger partial charge in [0.15, 0.2) is 16.7 Å². The molecule has 0 aliphatic carbocycles. The number of fused-ring (bicyclic) bond motifs is 4. The normalized spacial score (nSPS) is 18.9. The first kappa shape index (κ1) is 22.5. The Morgan fingerprint density at radius 2 is 2.00 bits per heavy atom. The van der Waals surface area contributed by atoms with Crippen LogP contribution in [0.1, 0.15) is 39.2 Å². The number of hydrogen-bond donors (Lipinski definition) is 1. The Kier molecular flexibility index (Phi) is 6.03. The highest BCUT2D eigenvalue weighted by molar-refractivity contribution is 8.15. The van der Waals surface area contributed by atoms with Crippen LogP contribution in [0.2, 0.25) is 0 Å². The van der Waals surface area contributed by atoms with E-state index < -0.39 is 11.3 Å². The van der Waals surface area contributed by atoms with Crippen molar-refractivity contribution in [2.75, 3.05) is 12.1 Å². The van der Waals surface area contributed by atoms with E-state index >= 15 is 0 Å². The van der Waals surface area contributed by atoms with Gasteiger partial charge in [0.2, 0.25) is 12.7 Å². The van der Waals surface area contributed by atoms with Crippen LogP contribution in [0.5, 0.6) is 11.5 Å². The van der Waals surface area contributed by atoms with Crippen molar-refractivity contribution in [2.24, 2.45) is 15.9 Å². The van der Waals surface area contributed by atoms with E-state index in [9.17, 15) is 9.59 Å². The van der Waals surface area contributed by atoms with Crippen LogP contribution in [0, 0.1) is 5.92 Å². The minimum atomic E-state index is -0.451. The number of nitrogens with one attached hydrogen (secondary N) is 1. The second kappa shape index (κ2) is 9.13. The highest BCUT2D eigenvalue weighted by Crippen LogP contribution is 2.37. The largest absolute Gasteiger partial charge is 0.454 e. The number of nitrogens with zero attached hydrogens (tertiary/aromatic N) is 3. The molecule has 176 valence electrons. The molecule has 0 bridgehead atoms. The zero-order valence-corrected chi connectivity index (χ0v) is 20.1. The summed E-state index contributed by atoms with van der Waals surface area (Å²) in [6.07, 6.45) is 1.23. The summed E-state index contributed by atoms with van der Waals surface area (Å²) in [4.78, 5) is 37.6. The van der Waals surface area contributed by atoms with E-state index in [0.29, 0.717) is 46.9 Å².